The zero-order valence-corrected chi connectivity index (χ0v) is 48.5. The molecule has 9 rings (SSSR count). The molecule has 0 atom stereocenters. The zero-order chi connectivity index (χ0) is 55.6. The minimum atomic E-state index is 1.08. The largest absolute Gasteiger partial charge is 0.265 e. The van der Waals surface area contributed by atoms with Crippen LogP contribution in [0.1, 0.15) is 112 Å². The van der Waals surface area contributed by atoms with Gasteiger partial charge in [0.1, 0.15) is 0 Å². The molecule has 0 bridgehead atoms. The van der Waals surface area contributed by atoms with Crippen molar-refractivity contribution in [2.24, 2.45) is 0 Å². The molecule has 0 aliphatic heterocycles. The van der Waals surface area contributed by atoms with Gasteiger partial charge in [0.25, 0.3) is 0 Å². The first-order valence-electron chi connectivity index (χ1n) is 25.0. The van der Waals surface area contributed by atoms with Crippen molar-refractivity contribution in [2.75, 3.05) is 0 Å². The van der Waals surface area contributed by atoms with E-state index >= 15 is 0 Å². The van der Waals surface area contributed by atoms with Gasteiger partial charge in [0.05, 0.1) is 0 Å². The molecule has 0 spiro atoms. The lowest BCUT2D eigenvalue weighted by Gasteiger charge is -1.97. The van der Waals surface area contributed by atoms with Gasteiger partial charge in [-0.2, -0.15) is 0 Å². The number of hydrogen-bond donors (Lipinski definition) is 0. The summed E-state index contributed by atoms with van der Waals surface area (Å²) in [5.74, 6) is 0. The Kier molecular flexibility index (Phi) is 31.6. The number of aryl methyl sites for hydroxylation is 20. The second kappa shape index (κ2) is 36.3. The van der Waals surface area contributed by atoms with Crippen LogP contribution in [0.3, 0.4) is 0 Å². The van der Waals surface area contributed by atoms with Crippen molar-refractivity contribution in [3.05, 3.63) is 265 Å². The summed E-state index contributed by atoms with van der Waals surface area (Å²) < 4.78 is 0. The molecule has 0 amide bonds. The van der Waals surface area contributed by atoms with E-state index in [2.05, 4.69) is 150 Å². The fraction of sp³-hybridized carbons (Fsp3) is 0.308. The maximum absolute atomic E-state index is 4.27. The van der Waals surface area contributed by atoms with Crippen LogP contribution in [0.25, 0.3) is 0 Å². The van der Waals surface area contributed by atoms with Crippen LogP contribution in [0.4, 0.5) is 0 Å². The molecule has 9 heteroatoms. The van der Waals surface area contributed by atoms with E-state index in [1.54, 1.807) is 12.4 Å². The first kappa shape index (κ1) is 64.4. The Labute approximate surface area is 446 Å². The first-order valence-corrected chi connectivity index (χ1v) is 25.0. The minimum Gasteiger partial charge on any atom is -0.265 e. The Bertz CT molecular complexity index is 2650. The lowest BCUT2D eigenvalue weighted by Crippen LogP contribution is -1.87. The Morgan fingerprint density at radius 3 is 1.04 bits per heavy atom. The van der Waals surface area contributed by atoms with Crippen LogP contribution in [0.5, 0.6) is 0 Å². The molecule has 0 N–H and O–H groups in total. The van der Waals surface area contributed by atoms with Crippen LogP contribution in [0, 0.1) is 138 Å². The summed E-state index contributed by atoms with van der Waals surface area (Å²) in [5.41, 5.74) is 24.3. The molecule has 9 aromatic rings. The molecule has 390 valence electrons. The Hall–Kier alpha value is -7.65. The van der Waals surface area contributed by atoms with Crippen LogP contribution >= 0.6 is 0 Å². The van der Waals surface area contributed by atoms with Gasteiger partial charge >= 0.3 is 0 Å². The molecule has 0 aromatic carbocycles. The summed E-state index contributed by atoms with van der Waals surface area (Å²) in [4.78, 5) is 36.4. The second-order valence-corrected chi connectivity index (χ2v) is 18.6. The predicted octanol–water partition coefficient (Wildman–Crippen LogP) is 15.9. The first-order chi connectivity index (χ1) is 35.0. The molecule has 0 saturated heterocycles. The van der Waals surface area contributed by atoms with Gasteiger partial charge < -0.3 is 0 Å². The van der Waals surface area contributed by atoms with Crippen molar-refractivity contribution in [3.63, 3.8) is 0 Å². The highest BCUT2D eigenvalue weighted by Crippen LogP contribution is 2.07. The molecule has 9 nitrogen and oxygen atoms in total. The smallest absolute Gasteiger partial charge is 0.0404 e. The van der Waals surface area contributed by atoms with Crippen LogP contribution in [0.2, 0.25) is 0 Å². The molecule has 74 heavy (non-hydrogen) atoms. The summed E-state index contributed by atoms with van der Waals surface area (Å²) in [6.45, 7) is 40.9. The number of aromatic nitrogens is 9. The third-order valence-electron chi connectivity index (χ3n) is 11.0. The molecule has 0 aliphatic carbocycles. The molecule has 0 aliphatic rings. The van der Waals surface area contributed by atoms with Gasteiger partial charge in [0.15, 0.2) is 0 Å². The topological polar surface area (TPSA) is 116 Å². The Morgan fingerprint density at radius 2 is 0.703 bits per heavy atom. The fourth-order valence-corrected chi connectivity index (χ4v) is 5.75. The molecular weight excluding hydrogens is 907 g/mol. The Morgan fingerprint density at radius 1 is 0.216 bits per heavy atom. The lowest BCUT2D eigenvalue weighted by atomic mass is 10.2. The van der Waals surface area contributed by atoms with E-state index in [-0.39, 0.29) is 0 Å². The summed E-state index contributed by atoms with van der Waals surface area (Å²) in [6, 6.07) is 26.5. The quantitative estimate of drug-likeness (QED) is 0.146. The highest BCUT2D eigenvalue weighted by atomic mass is 14.7. The van der Waals surface area contributed by atoms with E-state index in [0.29, 0.717) is 0 Å². The minimum absolute atomic E-state index is 1.08. The average Bonchev–Trinajstić information content (AvgIpc) is 3.35. The highest BCUT2D eigenvalue weighted by molar-refractivity contribution is 5.24. The van der Waals surface area contributed by atoms with E-state index < -0.39 is 0 Å². The lowest BCUT2D eigenvalue weighted by molar-refractivity contribution is 1.09. The summed E-state index contributed by atoms with van der Waals surface area (Å²) >= 11 is 0. The maximum atomic E-state index is 4.27. The van der Waals surface area contributed by atoms with Gasteiger partial charge in [0, 0.05) is 109 Å². The van der Waals surface area contributed by atoms with Gasteiger partial charge in [0.2, 0.25) is 0 Å². The molecule has 0 radical (unpaired) electrons. The van der Waals surface area contributed by atoms with E-state index in [1.807, 2.05) is 174 Å². The molecule has 0 saturated carbocycles. The number of nitrogens with zero attached hydrogens (tertiary/aromatic N) is 9. The summed E-state index contributed by atoms with van der Waals surface area (Å²) in [5, 5.41) is 0. The number of pyridine rings is 9. The highest BCUT2D eigenvalue weighted by Gasteiger charge is 1.93. The van der Waals surface area contributed by atoms with Crippen LogP contribution in [-0.2, 0) is 0 Å². The van der Waals surface area contributed by atoms with E-state index in [9.17, 15) is 0 Å². The zero-order valence-electron chi connectivity index (χ0n) is 48.5. The van der Waals surface area contributed by atoms with Gasteiger partial charge in [-0.15, -0.1) is 0 Å². The van der Waals surface area contributed by atoms with Crippen LogP contribution in [0.15, 0.2) is 153 Å². The maximum Gasteiger partial charge on any atom is 0.0404 e. The molecule has 9 heterocycles. The van der Waals surface area contributed by atoms with Gasteiger partial charge in [-0.3, -0.25) is 44.9 Å². The van der Waals surface area contributed by atoms with Crippen molar-refractivity contribution in [1.29, 1.82) is 0 Å². The normalized spacial score (nSPS) is 9.35. The van der Waals surface area contributed by atoms with E-state index in [1.165, 1.54) is 77.9 Å². The van der Waals surface area contributed by atoms with Crippen molar-refractivity contribution in [2.45, 2.75) is 138 Å². The van der Waals surface area contributed by atoms with Crippen molar-refractivity contribution < 1.29 is 0 Å². The third kappa shape index (κ3) is 30.9. The second-order valence-electron chi connectivity index (χ2n) is 18.6. The molecular formula is C65H85N9. The summed E-state index contributed by atoms with van der Waals surface area (Å²) in [7, 11) is 0. The van der Waals surface area contributed by atoms with Crippen LogP contribution < -0.4 is 0 Å². The average molecular weight is 992 g/mol. The fourth-order valence-electron chi connectivity index (χ4n) is 5.75. The van der Waals surface area contributed by atoms with E-state index in [0.717, 1.165) is 34.2 Å². The standard InChI is InChI=1S/3C8H11N.5C7H9N.C6H7N/c1-6-4-8(3)9-5-7(6)2;1-6-4-7(2)8(3)9-5-6;1-6-4-5-7(2)9-8(6)3;1-6-3-7(2)5-8-4-6;2*1-6-3-4-8-5-7(6)2;1-6-3-4-8-7(2)5-6;1-6-3-4-7(2)8-5-6;1-6-2-4-7-5-3-6/h3*4-5H,1-3H3;5*3-5H,1-2H3;2-5H,1H3. The predicted molar refractivity (Wildman–Crippen MR) is 313 cm³/mol. The SMILES string of the molecule is Cc1cc(C)c(C)cn1.Cc1ccc(C)c(C)n1.Cc1ccc(C)nc1.Cc1ccnc(C)c1.Cc1ccncc1.Cc1ccncc1C.Cc1ccncc1C.Cc1cnc(C)c(C)c1.Cc1cncc(C)c1. The third-order valence-corrected chi connectivity index (χ3v) is 11.0. The monoisotopic (exact) mass is 992 g/mol. The molecule has 0 fully saturated rings. The molecule has 9 aromatic heterocycles. The van der Waals surface area contributed by atoms with Crippen molar-refractivity contribution >= 4 is 0 Å². The van der Waals surface area contributed by atoms with Gasteiger partial charge in [-0.1, -0.05) is 24.3 Å². The number of hydrogen-bond acceptors (Lipinski definition) is 9. The van der Waals surface area contributed by atoms with Crippen molar-refractivity contribution in [3.8, 4) is 0 Å². The Balaban J connectivity index is 0.000000417. The van der Waals surface area contributed by atoms with Gasteiger partial charge in [-0.25, -0.2) is 0 Å². The summed E-state index contributed by atoms with van der Waals surface area (Å²) in [6.07, 6.45) is 22.1. The number of rotatable bonds is 0. The van der Waals surface area contributed by atoms with E-state index in [4.69, 9.17) is 0 Å². The molecule has 0 unspecified atom stereocenters. The van der Waals surface area contributed by atoms with Crippen molar-refractivity contribution in [1.82, 2.24) is 44.9 Å². The van der Waals surface area contributed by atoms with Gasteiger partial charge in [-0.05, 0) is 271 Å². The van der Waals surface area contributed by atoms with Crippen LogP contribution in [-0.4, -0.2) is 44.9 Å².